The summed E-state index contributed by atoms with van der Waals surface area (Å²) in [6, 6.07) is 0. The second kappa shape index (κ2) is 1330. The van der Waals surface area contributed by atoms with E-state index in [1.165, 1.54) is 0 Å². The smallest absolute Gasteiger partial charge is 0 e. The molecule has 0 saturated heterocycles. The Balaban J connectivity index is 0. The predicted molar refractivity (Wildman–Crippen MR) is 0 cm³/mol. The molecule has 585 valence electrons. The van der Waals surface area contributed by atoms with Crippen LogP contribution in [0.1, 0.15) is 0 Å². The molecule has 117 heavy (non-hydrogen) atoms. The molecule has 0 aliphatic rings. The van der Waals surface area contributed by atoms with Gasteiger partial charge in [-0.2, -0.15) is 0 Å². The third kappa shape index (κ3) is 1310. The molecule has 0 bridgehead atoms. The fourth-order valence-corrected chi connectivity index (χ4v) is 0. The van der Waals surface area contributed by atoms with Crippen molar-refractivity contribution in [3.63, 3.8) is 0 Å². The zero-order chi connectivity index (χ0) is 0. The van der Waals surface area contributed by atoms with E-state index in [1.54, 1.807) is 0 Å². The Bertz CT molecular complexity index is 0. The normalized spacial score (nSPS) is 0. The summed E-state index contributed by atoms with van der Waals surface area (Å²) in [6.45, 7) is 0. The monoisotopic (exact) mass is 5960 g/mol. The molecule has 0 aliphatic heterocycles. The van der Waals surface area contributed by atoms with Crippen LogP contribution >= 0.6 is 0 Å². The van der Waals surface area contributed by atoms with Crippen LogP contribution in [0.2, 0.25) is 0 Å². The van der Waals surface area contributed by atoms with Gasteiger partial charge in [-0.05, 0) is 0 Å². The first-order valence-corrected chi connectivity index (χ1v) is 0. The molecule has 0 aromatic heterocycles. The van der Waals surface area contributed by atoms with Gasteiger partial charge in [0.1, 0.15) is 0 Å². The summed E-state index contributed by atoms with van der Waals surface area (Å²) in [5.74, 6) is 0. The first-order chi connectivity index (χ1) is 0. The first-order valence-electron chi connectivity index (χ1n) is 0. The van der Waals surface area contributed by atoms with E-state index in [9.17, 15) is 0 Å². The van der Waals surface area contributed by atoms with Crippen LogP contribution in [0.25, 0.3) is 0 Å². The second-order valence-electron chi connectivity index (χ2n) is 0. The van der Waals surface area contributed by atoms with Gasteiger partial charge in [0.2, 0.25) is 0 Å². The van der Waals surface area contributed by atoms with Crippen LogP contribution in [-0.2, 0) is 2170 Å². The average Bonchev–Trinajstić information content (AvgIpc) is 0. The van der Waals surface area contributed by atoms with Gasteiger partial charge in [-0.1, -0.05) is 0 Å². The van der Waals surface area contributed by atoms with Gasteiger partial charge in [0.05, 0.1) is 0 Å². The molecule has 0 aromatic rings. The molecule has 0 amide bonds. The van der Waals surface area contributed by atoms with Gasteiger partial charge in [-0.3, -0.25) is 0 Å². The topological polar surface area (TPSA) is 0 Å². The Kier molecular flexibility index (Phi) is 15300. The summed E-state index contributed by atoms with van der Waals surface area (Å²) in [7, 11) is 0. The Morgan fingerprint density at radius 2 is 0.00855 bits per heavy atom. The van der Waals surface area contributed by atoms with Crippen molar-refractivity contribution in [3.05, 3.63) is 0 Å². The van der Waals surface area contributed by atoms with Crippen molar-refractivity contribution in [2.45, 2.75) is 0 Å². The third-order valence-corrected chi connectivity index (χ3v) is 0. The van der Waals surface area contributed by atoms with E-state index in [0.717, 1.165) is 0 Å². The van der Waals surface area contributed by atoms with Gasteiger partial charge in [0.25, 0.3) is 0 Å². The van der Waals surface area contributed by atoms with Crippen LogP contribution in [0, 0.1) is 0 Å². The van der Waals surface area contributed by atoms with Crippen LogP contribution in [0.5, 0.6) is 0 Å². The van der Waals surface area contributed by atoms with Gasteiger partial charge in [0.15, 0.2) is 0 Å². The Morgan fingerprint density at radius 3 is 0.00855 bits per heavy atom. The van der Waals surface area contributed by atoms with E-state index in [2.05, 4.69) is 0 Å². The van der Waals surface area contributed by atoms with Crippen molar-refractivity contribution in [2.24, 2.45) is 0 Å². The van der Waals surface area contributed by atoms with Gasteiger partial charge in [-0.15, -0.1) is 0 Å². The van der Waals surface area contributed by atoms with Crippen molar-refractivity contribution in [1.82, 2.24) is 0 Å². The van der Waals surface area contributed by atoms with E-state index < -0.39 is 0 Å². The molecular formula is V117. The molecule has 0 unspecified atom stereocenters. The van der Waals surface area contributed by atoms with Crippen LogP contribution in [0.3, 0.4) is 0 Å². The zero-order valence-electron chi connectivity index (χ0n) is 52.3. The minimum absolute atomic E-state index is 0. The first kappa shape index (κ1) is 1350. The Hall–Kier alpha value is 68.4. The fraction of sp³-hybridized carbons (Fsp3) is 0. The average molecular weight is 5960 g/mol. The van der Waals surface area contributed by atoms with Crippen molar-refractivity contribution >= 4 is 0 Å². The van der Waals surface area contributed by atoms with E-state index in [4.69, 9.17) is 0 Å². The van der Waals surface area contributed by atoms with E-state index in [0.29, 0.717) is 0 Å². The maximum atomic E-state index is 0. The van der Waals surface area contributed by atoms with E-state index >= 15 is 0 Å². The van der Waals surface area contributed by atoms with Crippen LogP contribution in [0.4, 0.5) is 0 Å². The molecule has 0 rings (SSSR count). The van der Waals surface area contributed by atoms with Crippen LogP contribution < -0.4 is 0 Å². The minimum atomic E-state index is 0. The molecule has 117 heteroatoms. The van der Waals surface area contributed by atoms with Crippen LogP contribution in [-0.4, -0.2) is 0 Å². The predicted octanol–water partition coefficient (Wildman–Crippen LogP) is -0.293. The molecule has 0 saturated carbocycles. The molecule has 0 atom stereocenters. The van der Waals surface area contributed by atoms with Crippen molar-refractivity contribution in [2.75, 3.05) is 0 Å². The van der Waals surface area contributed by atoms with Crippen molar-refractivity contribution in [1.29, 1.82) is 0 Å². The summed E-state index contributed by atoms with van der Waals surface area (Å²) in [5.41, 5.74) is 0. The summed E-state index contributed by atoms with van der Waals surface area (Å²) >= 11 is 0. The summed E-state index contributed by atoms with van der Waals surface area (Å²) in [6.07, 6.45) is 0. The molecule has 0 aromatic carbocycles. The number of hydrogen-bond acceptors (Lipinski definition) is 0. The van der Waals surface area contributed by atoms with Gasteiger partial charge in [-0.25, -0.2) is 0 Å². The molecule has 0 aliphatic carbocycles. The molecule has 0 spiro atoms. The summed E-state index contributed by atoms with van der Waals surface area (Å²) < 4.78 is 0. The van der Waals surface area contributed by atoms with Gasteiger partial charge >= 0.3 is 0 Å². The fourth-order valence-electron chi connectivity index (χ4n) is 0. The standard InChI is InChI=1S/117V. The maximum Gasteiger partial charge on any atom is 0 e. The molecule has 0 N–H and O–H groups in total. The van der Waals surface area contributed by atoms with E-state index in [-0.39, 0.29) is 2170 Å². The Labute approximate surface area is 2110 Å². The zero-order valence-corrected chi connectivity index (χ0v) is 216. The quantitative estimate of drug-likeness (QED) is 0.314. The molecule has 0 fully saturated rings. The second-order valence-corrected chi connectivity index (χ2v) is 0. The van der Waals surface area contributed by atoms with Gasteiger partial charge in [0, 0.05) is 2170 Å². The maximum absolute atomic E-state index is 0. The number of hydrogen-bond donors (Lipinski definition) is 0. The number of rotatable bonds is 0. The third-order valence-electron chi connectivity index (χ3n) is 0. The van der Waals surface area contributed by atoms with Crippen molar-refractivity contribution < 1.29 is 2170 Å². The van der Waals surface area contributed by atoms with E-state index in [1.807, 2.05) is 0 Å². The largest absolute Gasteiger partial charge is 0 e. The molecule has 117 radical (unpaired) electrons. The van der Waals surface area contributed by atoms with Crippen LogP contribution in [0.15, 0.2) is 0 Å². The summed E-state index contributed by atoms with van der Waals surface area (Å²) in [4.78, 5) is 0. The van der Waals surface area contributed by atoms with Gasteiger partial charge < -0.3 is 0 Å². The molecule has 0 heterocycles. The minimum Gasteiger partial charge on any atom is 0 e. The molecular weight excluding hydrogens is 5960 g/mol. The van der Waals surface area contributed by atoms with Crippen molar-refractivity contribution in [3.8, 4) is 0 Å². The summed E-state index contributed by atoms with van der Waals surface area (Å²) in [5, 5.41) is 0. The Morgan fingerprint density at radius 1 is 0.00855 bits per heavy atom. The SMILES string of the molecule is [V].[V].[V].[V].[V].[V].[V].[V].[V].[V].[V].[V].[V].[V].[V].[V].[V].[V].[V].[V].[V].[V].[V].[V].[V].[V].[V].[V].[V].[V].[V].[V].[V].[V].[V].[V].[V].[V].[V].[V].[V].[V].[V].[V].[V].[V].[V].[V].[V].[V].[V].[V].[V].[V].[V].[V].[V].[V].[V].[V].[V].[V].[V].[V].[V].[V].[V].[V].[V].[V].[V].[V].[V].[V].[V].[V].[V].[V].[V].[V].[V].[V].[V].[V].[V].[V].[V].[V].[V].[V].[V].[V].[V].[V].[V].[V].[V].[V].[V].[V].[V].[V].[V].[V].[V].[V].[V].[V].[V].[V].[V].[V].[V].[V].[V].[V].[V]. The molecule has 0 nitrogen and oxygen atoms in total.